The zero-order valence-corrected chi connectivity index (χ0v) is 11.5. The molecule has 5 heteroatoms. The molecule has 90 valence electrons. The minimum absolute atomic E-state index is 0. The van der Waals surface area contributed by atoms with Gasteiger partial charge in [0.15, 0.2) is 0 Å². The lowest BCUT2D eigenvalue weighted by atomic mass is 10.1. The maximum Gasteiger partial charge on any atom is 0.251 e. The van der Waals surface area contributed by atoms with Gasteiger partial charge in [-0.1, -0.05) is 15.9 Å². The van der Waals surface area contributed by atoms with Gasteiger partial charge in [0.25, 0.3) is 5.91 Å². The fourth-order valence-corrected chi connectivity index (χ4v) is 1.76. The van der Waals surface area contributed by atoms with E-state index in [1.165, 1.54) is 0 Å². The molecule has 0 aliphatic heterocycles. The standard InChI is InChI=1S/C11H15BrN2O.ClH/c1-8-7-9(12)3-4-10(8)11(15)14-6-2-5-13;/h3-4,7H,2,5-6,13H2,1H3,(H,14,15);1H. The van der Waals surface area contributed by atoms with E-state index in [2.05, 4.69) is 21.2 Å². The van der Waals surface area contributed by atoms with Gasteiger partial charge in [-0.15, -0.1) is 12.4 Å². The second-order valence-corrected chi connectivity index (χ2v) is 4.27. The summed E-state index contributed by atoms with van der Waals surface area (Å²) in [6.45, 7) is 3.15. The smallest absolute Gasteiger partial charge is 0.251 e. The van der Waals surface area contributed by atoms with Crippen molar-refractivity contribution in [3.8, 4) is 0 Å². The Labute approximate surface area is 110 Å². The average Bonchev–Trinajstić information content (AvgIpc) is 2.17. The van der Waals surface area contributed by atoms with E-state index in [0.29, 0.717) is 13.1 Å². The predicted octanol–water partition coefficient (Wildman–Crippen LogP) is 2.26. The van der Waals surface area contributed by atoms with E-state index in [4.69, 9.17) is 5.73 Å². The Morgan fingerprint density at radius 1 is 1.50 bits per heavy atom. The molecule has 0 aromatic heterocycles. The van der Waals surface area contributed by atoms with Crippen molar-refractivity contribution in [2.45, 2.75) is 13.3 Å². The molecule has 0 fully saturated rings. The van der Waals surface area contributed by atoms with E-state index >= 15 is 0 Å². The lowest BCUT2D eigenvalue weighted by molar-refractivity contribution is 0.0953. The molecule has 1 aromatic carbocycles. The Bertz CT molecular complexity index is 358. The molecule has 0 atom stereocenters. The number of hydrogen-bond donors (Lipinski definition) is 2. The normalized spacial score (nSPS) is 9.44. The zero-order chi connectivity index (χ0) is 11.3. The summed E-state index contributed by atoms with van der Waals surface area (Å²) in [5.41, 5.74) is 7.03. The van der Waals surface area contributed by atoms with Gasteiger partial charge in [0.05, 0.1) is 0 Å². The number of carbonyl (C=O) groups is 1. The van der Waals surface area contributed by atoms with E-state index in [1.807, 2.05) is 25.1 Å². The molecule has 0 bridgehead atoms. The predicted molar refractivity (Wildman–Crippen MR) is 72.1 cm³/mol. The third-order valence-corrected chi connectivity index (χ3v) is 2.59. The molecule has 16 heavy (non-hydrogen) atoms. The number of carbonyl (C=O) groups excluding carboxylic acids is 1. The number of benzene rings is 1. The number of amides is 1. The van der Waals surface area contributed by atoms with Crippen LogP contribution < -0.4 is 11.1 Å². The van der Waals surface area contributed by atoms with Crippen molar-refractivity contribution in [1.82, 2.24) is 5.32 Å². The highest BCUT2D eigenvalue weighted by molar-refractivity contribution is 9.10. The summed E-state index contributed by atoms with van der Waals surface area (Å²) >= 11 is 3.36. The molecule has 3 nitrogen and oxygen atoms in total. The van der Waals surface area contributed by atoms with Crippen molar-refractivity contribution >= 4 is 34.2 Å². The largest absolute Gasteiger partial charge is 0.352 e. The average molecular weight is 308 g/mol. The summed E-state index contributed by atoms with van der Waals surface area (Å²) in [5.74, 6) is -0.0338. The highest BCUT2D eigenvalue weighted by Gasteiger charge is 2.07. The van der Waals surface area contributed by atoms with Crippen LogP contribution in [-0.4, -0.2) is 19.0 Å². The summed E-state index contributed by atoms with van der Waals surface area (Å²) in [5, 5.41) is 2.83. The zero-order valence-electron chi connectivity index (χ0n) is 9.13. The first kappa shape index (κ1) is 15.4. The number of halogens is 2. The maximum atomic E-state index is 11.7. The Kier molecular flexibility index (Phi) is 7.38. The highest BCUT2D eigenvalue weighted by Crippen LogP contribution is 2.15. The summed E-state index contributed by atoms with van der Waals surface area (Å²) < 4.78 is 0.985. The van der Waals surface area contributed by atoms with Crippen LogP contribution in [0, 0.1) is 6.92 Å². The first-order chi connectivity index (χ1) is 7.15. The van der Waals surface area contributed by atoms with Gasteiger partial charge in [0, 0.05) is 16.6 Å². The van der Waals surface area contributed by atoms with Gasteiger partial charge >= 0.3 is 0 Å². The van der Waals surface area contributed by atoms with Crippen LogP contribution in [0.15, 0.2) is 22.7 Å². The molecule has 1 rings (SSSR count). The van der Waals surface area contributed by atoms with Crippen molar-refractivity contribution in [3.05, 3.63) is 33.8 Å². The van der Waals surface area contributed by atoms with Gasteiger partial charge in [-0.2, -0.15) is 0 Å². The van der Waals surface area contributed by atoms with E-state index < -0.39 is 0 Å². The molecule has 1 amide bonds. The Balaban J connectivity index is 0.00000225. The molecule has 1 aromatic rings. The SMILES string of the molecule is Cc1cc(Br)ccc1C(=O)NCCCN.Cl. The number of nitrogens with one attached hydrogen (secondary N) is 1. The quantitative estimate of drug-likeness (QED) is 0.838. The second kappa shape index (κ2) is 7.65. The maximum absolute atomic E-state index is 11.7. The third-order valence-electron chi connectivity index (χ3n) is 2.10. The molecule has 0 saturated carbocycles. The van der Waals surface area contributed by atoms with Gasteiger partial charge in [-0.3, -0.25) is 4.79 Å². The number of aryl methyl sites for hydroxylation is 1. The van der Waals surface area contributed by atoms with E-state index in [9.17, 15) is 4.79 Å². The molecule has 0 aliphatic carbocycles. The van der Waals surface area contributed by atoms with E-state index in [0.717, 1.165) is 22.0 Å². The highest BCUT2D eigenvalue weighted by atomic mass is 79.9. The number of rotatable bonds is 4. The molecule has 0 saturated heterocycles. The van der Waals surface area contributed by atoms with E-state index in [-0.39, 0.29) is 18.3 Å². The molecule has 0 aliphatic rings. The van der Waals surface area contributed by atoms with Crippen molar-refractivity contribution in [2.24, 2.45) is 5.73 Å². The third kappa shape index (κ3) is 4.51. The molecule has 3 N–H and O–H groups in total. The van der Waals surface area contributed by atoms with Crippen LogP contribution in [0.4, 0.5) is 0 Å². The van der Waals surface area contributed by atoms with Crippen molar-refractivity contribution < 1.29 is 4.79 Å². The molecule has 0 heterocycles. The van der Waals surface area contributed by atoms with Gasteiger partial charge in [-0.05, 0) is 43.7 Å². The van der Waals surface area contributed by atoms with Crippen LogP contribution in [0.2, 0.25) is 0 Å². The number of nitrogens with two attached hydrogens (primary N) is 1. The lowest BCUT2D eigenvalue weighted by Gasteiger charge is -2.07. The van der Waals surface area contributed by atoms with Crippen LogP contribution in [-0.2, 0) is 0 Å². The minimum atomic E-state index is -0.0338. The van der Waals surface area contributed by atoms with Gasteiger partial charge in [-0.25, -0.2) is 0 Å². The first-order valence-corrected chi connectivity index (χ1v) is 5.69. The Hall–Kier alpha value is -0.580. The molecule has 0 unspecified atom stereocenters. The van der Waals surface area contributed by atoms with Gasteiger partial charge < -0.3 is 11.1 Å². The van der Waals surface area contributed by atoms with Crippen LogP contribution in [0.1, 0.15) is 22.3 Å². The fraction of sp³-hybridized carbons (Fsp3) is 0.364. The monoisotopic (exact) mass is 306 g/mol. The van der Waals surface area contributed by atoms with Crippen molar-refractivity contribution in [2.75, 3.05) is 13.1 Å². The molecule has 0 spiro atoms. The van der Waals surface area contributed by atoms with Crippen LogP contribution >= 0.6 is 28.3 Å². The van der Waals surface area contributed by atoms with Crippen LogP contribution in [0.25, 0.3) is 0 Å². The van der Waals surface area contributed by atoms with Gasteiger partial charge in [0.2, 0.25) is 0 Å². The molecule has 0 radical (unpaired) electrons. The summed E-state index contributed by atoms with van der Waals surface area (Å²) in [6, 6.07) is 5.61. The number of hydrogen-bond acceptors (Lipinski definition) is 2. The first-order valence-electron chi connectivity index (χ1n) is 4.89. The van der Waals surface area contributed by atoms with Crippen molar-refractivity contribution in [3.63, 3.8) is 0 Å². The molecular weight excluding hydrogens is 291 g/mol. The molecular formula is C11H16BrClN2O. The Morgan fingerprint density at radius 2 is 2.19 bits per heavy atom. The summed E-state index contributed by atoms with van der Waals surface area (Å²) in [7, 11) is 0. The van der Waals surface area contributed by atoms with E-state index in [1.54, 1.807) is 0 Å². The Morgan fingerprint density at radius 3 is 2.75 bits per heavy atom. The van der Waals surface area contributed by atoms with Crippen LogP contribution in [0.3, 0.4) is 0 Å². The van der Waals surface area contributed by atoms with Crippen molar-refractivity contribution in [1.29, 1.82) is 0 Å². The summed E-state index contributed by atoms with van der Waals surface area (Å²) in [6.07, 6.45) is 0.807. The van der Waals surface area contributed by atoms with Gasteiger partial charge in [0.1, 0.15) is 0 Å². The second-order valence-electron chi connectivity index (χ2n) is 3.36. The lowest BCUT2D eigenvalue weighted by Crippen LogP contribution is -2.26. The summed E-state index contributed by atoms with van der Waals surface area (Å²) in [4.78, 5) is 11.7. The fourth-order valence-electron chi connectivity index (χ4n) is 1.28. The topological polar surface area (TPSA) is 55.1 Å². The minimum Gasteiger partial charge on any atom is -0.352 e. The van der Waals surface area contributed by atoms with Crippen LogP contribution in [0.5, 0.6) is 0 Å².